The summed E-state index contributed by atoms with van der Waals surface area (Å²) in [5, 5.41) is 0. The predicted octanol–water partition coefficient (Wildman–Crippen LogP) is 8.26. The number of unbranched alkanes of at least 4 members (excludes halogenated alkanes) is 1. The van der Waals surface area contributed by atoms with Crippen molar-refractivity contribution in [2.24, 2.45) is 0 Å². The van der Waals surface area contributed by atoms with E-state index in [0.29, 0.717) is 0 Å². The zero-order valence-corrected chi connectivity index (χ0v) is 25.7. The molecule has 1 aliphatic heterocycles. The van der Waals surface area contributed by atoms with Crippen molar-refractivity contribution in [1.82, 2.24) is 4.90 Å². The van der Waals surface area contributed by atoms with Crippen LogP contribution in [0.5, 0.6) is 0 Å². The Bertz CT molecular complexity index is 1250. The molecule has 1 atom stereocenters. The molecule has 0 fully saturated rings. The number of halogens is 1. The maximum atomic E-state index is 13.6. The lowest BCUT2D eigenvalue weighted by molar-refractivity contribution is -0.938. The third-order valence-electron chi connectivity index (χ3n) is 8.37. The van der Waals surface area contributed by atoms with Gasteiger partial charge in [0.2, 0.25) is 0 Å². The first kappa shape index (κ1) is 28.6. The fourth-order valence-corrected chi connectivity index (χ4v) is 6.84. The molecule has 0 saturated carbocycles. The van der Waals surface area contributed by atoms with E-state index in [1.807, 2.05) is 6.07 Å². The Balaban J connectivity index is 1.47. The van der Waals surface area contributed by atoms with E-state index in [4.69, 9.17) is 0 Å². The minimum atomic E-state index is 0.0960. The monoisotopic (exact) mass is 575 g/mol. The zero-order chi connectivity index (χ0) is 27.4. The molecule has 0 aliphatic carbocycles. The Labute approximate surface area is 238 Å². The topological polar surface area (TPSA) is 20.3 Å². The summed E-state index contributed by atoms with van der Waals surface area (Å²) >= 11 is 3.58. The van der Waals surface area contributed by atoms with Gasteiger partial charge < -0.3 is 9.38 Å². The molecule has 0 spiro atoms. The van der Waals surface area contributed by atoms with Crippen LogP contribution in [0.3, 0.4) is 0 Å². The SMILES string of the molecule is CC[N+](CC)(CCCCN1C(=O)c2cc(Br)ccc2C1Cc1cc(C)cc(C)c1)Cc1cc(C)cc(C)c1. The summed E-state index contributed by atoms with van der Waals surface area (Å²) < 4.78 is 2.06. The van der Waals surface area contributed by atoms with Gasteiger partial charge in [0.05, 0.1) is 25.7 Å². The first-order valence-corrected chi connectivity index (χ1v) is 15.0. The van der Waals surface area contributed by atoms with Crippen molar-refractivity contribution in [2.45, 2.75) is 73.4 Å². The van der Waals surface area contributed by atoms with Gasteiger partial charge in [0.15, 0.2) is 0 Å². The molecular formula is C34H44BrN2O+. The zero-order valence-electron chi connectivity index (χ0n) is 24.1. The molecule has 1 amide bonds. The van der Waals surface area contributed by atoms with Crippen LogP contribution in [0, 0.1) is 27.7 Å². The van der Waals surface area contributed by atoms with Crippen molar-refractivity contribution in [1.29, 1.82) is 0 Å². The van der Waals surface area contributed by atoms with Crippen LogP contribution < -0.4 is 0 Å². The second kappa shape index (κ2) is 12.2. The average Bonchev–Trinajstić information content (AvgIpc) is 3.09. The summed E-state index contributed by atoms with van der Waals surface area (Å²) in [4.78, 5) is 15.7. The molecule has 0 N–H and O–H groups in total. The molecule has 3 nitrogen and oxygen atoms in total. The Morgan fingerprint density at radius 1 is 0.789 bits per heavy atom. The molecule has 0 radical (unpaired) electrons. The van der Waals surface area contributed by atoms with Crippen LogP contribution >= 0.6 is 15.9 Å². The average molecular weight is 577 g/mol. The highest BCUT2D eigenvalue weighted by Gasteiger charge is 2.36. The van der Waals surface area contributed by atoms with Crippen molar-refractivity contribution < 1.29 is 9.28 Å². The van der Waals surface area contributed by atoms with Crippen LogP contribution in [0.25, 0.3) is 0 Å². The standard InChI is InChI=1S/C34H44BrN2O/c1-7-37(8-2,23-29-19-26(5)16-27(6)20-29)14-10-9-13-36-33(21-28-17-24(3)15-25(4)18-28)31-12-11-30(35)22-32(31)34(36)38/h11-12,15-20,22,33H,7-10,13-14,21,23H2,1-6H3/q+1. The Morgan fingerprint density at radius 2 is 1.37 bits per heavy atom. The molecule has 4 rings (SSSR count). The molecule has 38 heavy (non-hydrogen) atoms. The number of quaternary nitrogens is 1. The van der Waals surface area contributed by atoms with Gasteiger partial charge in [0.25, 0.3) is 5.91 Å². The number of fused-ring (bicyclic) bond motifs is 1. The first-order chi connectivity index (χ1) is 18.1. The van der Waals surface area contributed by atoms with Gasteiger partial charge in [0, 0.05) is 22.1 Å². The van der Waals surface area contributed by atoms with E-state index in [0.717, 1.165) is 66.5 Å². The first-order valence-electron chi connectivity index (χ1n) is 14.2. The molecular weight excluding hydrogens is 532 g/mol. The fraction of sp³-hybridized carbons (Fsp3) is 0.441. The van der Waals surface area contributed by atoms with Crippen molar-refractivity contribution in [3.63, 3.8) is 0 Å². The third-order valence-corrected chi connectivity index (χ3v) is 8.87. The lowest BCUT2D eigenvalue weighted by Gasteiger charge is -2.37. The van der Waals surface area contributed by atoms with Crippen molar-refractivity contribution in [2.75, 3.05) is 26.2 Å². The highest BCUT2D eigenvalue weighted by Crippen LogP contribution is 2.38. The summed E-state index contributed by atoms with van der Waals surface area (Å²) in [6, 6.07) is 20.0. The Morgan fingerprint density at radius 3 is 1.95 bits per heavy atom. The highest BCUT2D eigenvalue weighted by molar-refractivity contribution is 9.10. The normalized spacial score (nSPS) is 15.3. The van der Waals surface area contributed by atoms with E-state index < -0.39 is 0 Å². The van der Waals surface area contributed by atoms with Gasteiger partial charge in [0.1, 0.15) is 6.54 Å². The van der Waals surface area contributed by atoms with Crippen LogP contribution in [0.1, 0.15) is 82.0 Å². The minimum Gasteiger partial charge on any atom is -0.331 e. The van der Waals surface area contributed by atoms with Gasteiger partial charge in [-0.2, -0.15) is 0 Å². The van der Waals surface area contributed by atoms with Crippen LogP contribution in [0.15, 0.2) is 59.1 Å². The number of benzene rings is 3. The van der Waals surface area contributed by atoms with E-state index in [9.17, 15) is 4.79 Å². The lowest BCUT2D eigenvalue weighted by Crippen LogP contribution is -2.47. The molecule has 1 aliphatic rings. The van der Waals surface area contributed by atoms with Gasteiger partial charge in [-0.1, -0.05) is 80.6 Å². The maximum Gasteiger partial charge on any atom is 0.254 e. The molecule has 1 heterocycles. The van der Waals surface area contributed by atoms with Crippen LogP contribution in [0.4, 0.5) is 0 Å². The van der Waals surface area contributed by atoms with Crippen molar-refractivity contribution >= 4 is 21.8 Å². The largest absolute Gasteiger partial charge is 0.331 e. The number of hydrogen-bond donors (Lipinski definition) is 0. The maximum absolute atomic E-state index is 13.6. The van der Waals surface area contributed by atoms with E-state index in [1.165, 1.54) is 38.9 Å². The number of hydrogen-bond acceptors (Lipinski definition) is 1. The second-order valence-electron chi connectivity index (χ2n) is 11.5. The molecule has 3 aromatic rings. The van der Waals surface area contributed by atoms with Crippen molar-refractivity contribution in [3.05, 3.63) is 104 Å². The van der Waals surface area contributed by atoms with E-state index in [2.05, 4.69) is 111 Å². The van der Waals surface area contributed by atoms with Crippen LogP contribution in [-0.4, -0.2) is 41.5 Å². The van der Waals surface area contributed by atoms with Gasteiger partial charge in [-0.25, -0.2) is 0 Å². The second-order valence-corrected chi connectivity index (χ2v) is 12.4. The number of aryl methyl sites for hydroxylation is 4. The molecule has 0 saturated heterocycles. The van der Waals surface area contributed by atoms with E-state index in [1.54, 1.807) is 0 Å². The number of carbonyl (C=O) groups is 1. The predicted molar refractivity (Wildman–Crippen MR) is 163 cm³/mol. The highest BCUT2D eigenvalue weighted by atomic mass is 79.9. The summed E-state index contributed by atoms with van der Waals surface area (Å²) in [7, 11) is 0. The molecule has 3 aromatic carbocycles. The lowest BCUT2D eigenvalue weighted by atomic mass is 9.96. The van der Waals surface area contributed by atoms with Gasteiger partial charge in [-0.3, -0.25) is 4.79 Å². The molecule has 0 aromatic heterocycles. The number of nitrogens with zero attached hydrogens (tertiary/aromatic N) is 2. The molecule has 4 heteroatoms. The summed E-state index contributed by atoms with van der Waals surface area (Å²) in [5.41, 5.74) is 10.0. The van der Waals surface area contributed by atoms with Crippen LogP contribution in [0.2, 0.25) is 0 Å². The van der Waals surface area contributed by atoms with Gasteiger partial charge >= 0.3 is 0 Å². The third kappa shape index (κ3) is 6.58. The number of amides is 1. The summed E-state index contributed by atoms with van der Waals surface area (Å²) in [6.07, 6.45) is 3.00. The fourth-order valence-electron chi connectivity index (χ4n) is 6.48. The molecule has 1 unspecified atom stereocenters. The summed E-state index contributed by atoms with van der Waals surface area (Å²) in [6.45, 7) is 18.6. The smallest absolute Gasteiger partial charge is 0.254 e. The van der Waals surface area contributed by atoms with Crippen molar-refractivity contribution in [3.8, 4) is 0 Å². The van der Waals surface area contributed by atoms with Gasteiger partial charge in [-0.05, 0) is 84.1 Å². The summed E-state index contributed by atoms with van der Waals surface area (Å²) in [5.74, 6) is 0.178. The van der Waals surface area contributed by atoms with E-state index >= 15 is 0 Å². The minimum absolute atomic E-state index is 0.0960. The molecule has 0 bridgehead atoms. The Hall–Kier alpha value is -2.43. The number of carbonyl (C=O) groups excluding carboxylic acids is 1. The van der Waals surface area contributed by atoms with Crippen LogP contribution in [-0.2, 0) is 13.0 Å². The van der Waals surface area contributed by atoms with E-state index in [-0.39, 0.29) is 11.9 Å². The quantitative estimate of drug-likeness (QED) is 0.166. The van der Waals surface area contributed by atoms with Gasteiger partial charge in [-0.15, -0.1) is 0 Å². The number of rotatable bonds is 11. The Kier molecular flexibility index (Phi) is 9.15. The molecule has 202 valence electrons.